The van der Waals surface area contributed by atoms with Gasteiger partial charge in [0.05, 0.1) is 25.6 Å². The maximum absolute atomic E-state index is 12.5. The molecule has 7 heteroatoms. The van der Waals surface area contributed by atoms with Gasteiger partial charge in [0.15, 0.2) is 11.5 Å². The van der Waals surface area contributed by atoms with Crippen LogP contribution in [0, 0.1) is 0 Å². The van der Waals surface area contributed by atoms with Crippen LogP contribution in [0.25, 0.3) is 0 Å². The number of hydrogen-bond acceptors (Lipinski definition) is 5. The van der Waals surface area contributed by atoms with Crippen molar-refractivity contribution in [2.45, 2.75) is 6.54 Å². The Balaban J connectivity index is 1.62. The van der Waals surface area contributed by atoms with E-state index in [1.807, 2.05) is 36.4 Å². The first-order chi connectivity index (χ1) is 14.0. The Morgan fingerprint density at radius 3 is 2.34 bits per heavy atom. The van der Waals surface area contributed by atoms with Gasteiger partial charge in [-0.1, -0.05) is 28.1 Å². The van der Waals surface area contributed by atoms with Gasteiger partial charge in [-0.05, 0) is 48.0 Å². The van der Waals surface area contributed by atoms with Gasteiger partial charge < -0.3 is 25.8 Å². The third-order valence-corrected chi connectivity index (χ3v) is 4.85. The van der Waals surface area contributed by atoms with E-state index >= 15 is 0 Å². The van der Waals surface area contributed by atoms with Gasteiger partial charge in [-0.3, -0.25) is 4.79 Å². The first-order valence-electron chi connectivity index (χ1n) is 8.91. The molecule has 0 aromatic heterocycles. The lowest BCUT2D eigenvalue weighted by Gasteiger charge is -2.12. The van der Waals surface area contributed by atoms with Crippen molar-refractivity contribution in [3.63, 3.8) is 0 Å². The molecule has 4 N–H and O–H groups in total. The molecule has 0 heterocycles. The number of benzene rings is 3. The smallest absolute Gasteiger partial charge is 0.255 e. The van der Waals surface area contributed by atoms with Crippen LogP contribution < -0.4 is 25.8 Å². The van der Waals surface area contributed by atoms with E-state index < -0.39 is 0 Å². The summed E-state index contributed by atoms with van der Waals surface area (Å²) in [5, 5.41) is 6.16. The van der Waals surface area contributed by atoms with Gasteiger partial charge in [-0.2, -0.15) is 0 Å². The number of nitrogen functional groups attached to an aromatic ring is 1. The second-order valence-corrected chi connectivity index (χ2v) is 7.22. The number of nitrogens with two attached hydrogens (primary N) is 1. The maximum atomic E-state index is 12.5. The Bertz CT molecular complexity index is 1010. The van der Waals surface area contributed by atoms with Crippen molar-refractivity contribution in [3.05, 3.63) is 76.3 Å². The third kappa shape index (κ3) is 5.20. The van der Waals surface area contributed by atoms with Gasteiger partial charge >= 0.3 is 0 Å². The molecule has 0 aliphatic rings. The van der Waals surface area contributed by atoms with Crippen LogP contribution in [0.5, 0.6) is 11.5 Å². The van der Waals surface area contributed by atoms with Gasteiger partial charge in [0.2, 0.25) is 0 Å². The number of anilines is 3. The summed E-state index contributed by atoms with van der Waals surface area (Å²) in [5.74, 6) is 1.13. The normalized spacial score (nSPS) is 10.3. The van der Waals surface area contributed by atoms with E-state index in [4.69, 9.17) is 15.2 Å². The lowest BCUT2D eigenvalue weighted by molar-refractivity contribution is 0.102. The minimum absolute atomic E-state index is 0.210. The summed E-state index contributed by atoms with van der Waals surface area (Å²) >= 11 is 3.35. The van der Waals surface area contributed by atoms with Crippen LogP contribution in [0.1, 0.15) is 15.9 Å². The van der Waals surface area contributed by atoms with Crippen molar-refractivity contribution in [1.29, 1.82) is 0 Å². The Hall–Kier alpha value is -3.19. The van der Waals surface area contributed by atoms with Gasteiger partial charge in [-0.15, -0.1) is 0 Å². The minimum atomic E-state index is -0.210. The molecule has 3 aromatic rings. The van der Waals surface area contributed by atoms with Crippen LogP contribution >= 0.6 is 15.9 Å². The minimum Gasteiger partial charge on any atom is -0.493 e. The van der Waals surface area contributed by atoms with Gasteiger partial charge in [0.1, 0.15) is 0 Å². The molecular weight excluding hydrogens is 434 g/mol. The van der Waals surface area contributed by atoms with Crippen LogP contribution in [0.3, 0.4) is 0 Å². The summed E-state index contributed by atoms with van der Waals surface area (Å²) in [6, 6.07) is 18.4. The highest BCUT2D eigenvalue weighted by Crippen LogP contribution is 2.30. The zero-order chi connectivity index (χ0) is 20.8. The topological polar surface area (TPSA) is 85.6 Å². The number of rotatable bonds is 7. The molecule has 0 saturated carbocycles. The Morgan fingerprint density at radius 2 is 1.69 bits per heavy atom. The van der Waals surface area contributed by atoms with E-state index in [1.54, 1.807) is 38.5 Å². The third-order valence-electron chi connectivity index (χ3n) is 4.36. The summed E-state index contributed by atoms with van der Waals surface area (Å²) in [4.78, 5) is 12.5. The monoisotopic (exact) mass is 455 g/mol. The second kappa shape index (κ2) is 9.34. The van der Waals surface area contributed by atoms with E-state index in [1.165, 1.54) is 0 Å². The molecule has 150 valence electrons. The Labute approximate surface area is 178 Å². The highest BCUT2D eigenvalue weighted by molar-refractivity contribution is 9.10. The number of methoxy groups -OCH3 is 2. The average molecular weight is 456 g/mol. The van der Waals surface area contributed by atoms with E-state index in [-0.39, 0.29) is 5.91 Å². The molecule has 0 aliphatic carbocycles. The van der Waals surface area contributed by atoms with E-state index in [9.17, 15) is 4.79 Å². The van der Waals surface area contributed by atoms with Gasteiger partial charge in [0, 0.05) is 28.3 Å². The van der Waals surface area contributed by atoms with E-state index in [2.05, 4.69) is 26.6 Å². The zero-order valence-electron chi connectivity index (χ0n) is 16.2. The first-order valence-corrected chi connectivity index (χ1v) is 9.70. The van der Waals surface area contributed by atoms with Crippen LogP contribution in [0.15, 0.2) is 65.1 Å². The number of halogens is 1. The average Bonchev–Trinajstić information content (AvgIpc) is 2.74. The summed E-state index contributed by atoms with van der Waals surface area (Å²) < 4.78 is 11.4. The summed E-state index contributed by atoms with van der Waals surface area (Å²) in [6.07, 6.45) is 0. The molecule has 0 atom stereocenters. The van der Waals surface area contributed by atoms with E-state index in [0.717, 1.165) is 15.7 Å². The summed E-state index contributed by atoms with van der Waals surface area (Å²) in [7, 11) is 3.21. The fourth-order valence-electron chi connectivity index (χ4n) is 2.77. The molecule has 6 nitrogen and oxygen atoms in total. The Kier molecular flexibility index (Phi) is 6.61. The lowest BCUT2D eigenvalue weighted by atomic mass is 10.1. The molecule has 0 radical (unpaired) electrons. The highest BCUT2D eigenvalue weighted by Gasteiger charge is 2.09. The summed E-state index contributed by atoms with van der Waals surface area (Å²) in [6.45, 7) is 0.608. The molecule has 0 unspecified atom stereocenters. The van der Waals surface area contributed by atoms with Crippen LogP contribution in [-0.2, 0) is 6.54 Å². The molecule has 0 spiro atoms. The lowest BCUT2D eigenvalue weighted by Crippen LogP contribution is -2.13. The molecule has 0 bridgehead atoms. The zero-order valence-corrected chi connectivity index (χ0v) is 17.7. The van der Waals surface area contributed by atoms with Gasteiger partial charge in [-0.25, -0.2) is 0 Å². The molecular formula is C22H22BrN3O3. The van der Waals surface area contributed by atoms with Crippen LogP contribution in [-0.4, -0.2) is 20.1 Å². The standard InChI is InChI=1S/C22H22BrN3O3/c1-28-20-10-8-17(12-21(20)29-2)25-13-14-3-5-15(6-4-14)22(27)26-19-9-7-16(23)11-18(19)24/h3-12,25H,13,24H2,1-2H3,(H,26,27). The fraction of sp³-hybridized carbons (Fsp3) is 0.136. The van der Waals surface area contributed by atoms with E-state index in [0.29, 0.717) is 35.0 Å². The number of amides is 1. The number of hydrogen-bond donors (Lipinski definition) is 3. The Morgan fingerprint density at radius 1 is 0.966 bits per heavy atom. The quantitative estimate of drug-likeness (QED) is 0.440. The fourth-order valence-corrected chi connectivity index (χ4v) is 3.14. The SMILES string of the molecule is COc1ccc(NCc2ccc(C(=O)Nc3ccc(Br)cc3N)cc2)cc1OC. The van der Waals surface area contributed by atoms with Gasteiger partial charge in [0.25, 0.3) is 5.91 Å². The first kappa shape index (κ1) is 20.5. The number of carbonyl (C=O) groups excluding carboxylic acids is 1. The van der Waals surface area contributed by atoms with Crippen molar-refractivity contribution in [1.82, 2.24) is 0 Å². The maximum Gasteiger partial charge on any atom is 0.255 e. The predicted octanol–water partition coefficient (Wildman–Crippen LogP) is 4.91. The number of nitrogens with one attached hydrogen (secondary N) is 2. The van der Waals surface area contributed by atoms with Crippen molar-refractivity contribution in [3.8, 4) is 11.5 Å². The second-order valence-electron chi connectivity index (χ2n) is 6.31. The molecule has 3 aromatic carbocycles. The molecule has 29 heavy (non-hydrogen) atoms. The number of ether oxygens (including phenoxy) is 2. The molecule has 3 rings (SSSR count). The molecule has 0 fully saturated rings. The van der Waals surface area contributed by atoms with Crippen LogP contribution in [0.4, 0.5) is 17.1 Å². The molecule has 1 amide bonds. The summed E-state index contributed by atoms with van der Waals surface area (Å²) in [5.41, 5.74) is 9.53. The number of carbonyl (C=O) groups is 1. The predicted molar refractivity (Wildman–Crippen MR) is 120 cm³/mol. The van der Waals surface area contributed by atoms with Crippen molar-refractivity contribution in [2.75, 3.05) is 30.6 Å². The van der Waals surface area contributed by atoms with Crippen molar-refractivity contribution >= 4 is 38.9 Å². The largest absolute Gasteiger partial charge is 0.493 e. The highest BCUT2D eigenvalue weighted by atomic mass is 79.9. The van der Waals surface area contributed by atoms with Crippen molar-refractivity contribution in [2.24, 2.45) is 0 Å². The van der Waals surface area contributed by atoms with Crippen LogP contribution in [0.2, 0.25) is 0 Å². The molecule has 0 aliphatic heterocycles. The van der Waals surface area contributed by atoms with Crippen molar-refractivity contribution < 1.29 is 14.3 Å². The molecule has 0 saturated heterocycles.